The lowest BCUT2D eigenvalue weighted by atomic mass is 10.2. The van der Waals surface area contributed by atoms with E-state index in [1.54, 1.807) is 5.38 Å². The first-order valence-corrected chi connectivity index (χ1v) is 9.66. The van der Waals surface area contributed by atoms with Gasteiger partial charge in [-0.25, -0.2) is 14.2 Å². The van der Waals surface area contributed by atoms with Gasteiger partial charge >= 0.3 is 5.97 Å². The van der Waals surface area contributed by atoms with Gasteiger partial charge in [-0.15, -0.1) is 11.3 Å². The van der Waals surface area contributed by atoms with Crippen LogP contribution in [0, 0.1) is 5.82 Å². The summed E-state index contributed by atoms with van der Waals surface area (Å²) in [6.07, 6.45) is 0. The van der Waals surface area contributed by atoms with E-state index in [0.717, 1.165) is 5.56 Å². The second-order valence-corrected chi connectivity index (χ2v) is 6.90. The van der Waals surface area contributed by atoms with Crippen LogP contribution in [0.4, 0.5) is 22.0 Å². The molecule has 10 heteroatoms. The first kappa shape index (κ1) is 19.4. The number of carbonyl (C=O) groups excluding carboxylic acids is 1. The maximum atomic E-state index is 13.0. The Hall–Kier alpha value is -3.92. The molecule has 150 valence electrons. The molecule has 2 heterocycles. The molecule has 0 unspecified atom stereocenters. The van der Waals surface area contributed by atoms with Gasteiger partial charge in [-0.1, -0.05) is 30.3 Å². The van der Waals surface area contributed by atoms with E-state index in [1.165, 1.54) is 35.6 Å². The standard InChI is InChI=1S/C20H15FN6O2S/c21-13-6-8-14(9-7-13)23-20-26-16(25-19(22)27-20)10-29-18(28)17-24-15(11-30-17)12-4-2-1-3-5-12/h1-9,11H,10H2,(H3,22,23,25,26,27). The molecule has 0 radical (unpaired) electrons. The Bertz CT molecular complexity index is 1170. The van der Waals surface area contributed by atoms with Crippen LogP contribution in [0.15, 0.2) is 60.0 Å². The molecule has 0 saturated carbocycles. The summed E-state index contributed by atoms with van der Waals surface area (Å²) < 4.78 is 18.3. The Morgan fingerprint density at radius 3 is 2.57 bits per heavy atom. The predicted molar refractivity (Wildman–Crippen MR) is 111 cm³/mol. The fourth-order valence-corrected chi connectivity index (χ4v) is 3.24. The summed E-state index contributed by atoms with van der Waals surface area (Å²) in [5.74, 6) is -0.669. The van der Waals surface area contributed by atoms with E-state index in [9.17, 15) is 9.18 Å². The third-order valence-corrected chi connectivity index (χ3v) is 4.70. The summed E-state index contributed by atoms with van der Waals surface area (Å²) >= 11 is 1.19. The monoisotopic (exact) mass is 422 g/mol. The molecule has 4 rings (SSSR count). The lowest BCUT2D eigenvalue weighted by molar-refractivity contribution is 0.0462. The SMILES string of the molecule is Nc1nc(COC(=O)c2nc(-c3ccccc3)cs2)nc(Nc2ccc(F)cc2)n1. The molecule has 0 aliphatic carbocycles. The molecule has 0 bridgehead atoms. The Labute approximate surface area is 174 Å². The molecule has 8 nitrogen and oxygen atoms in total. The maximum absolute atomic E-state index is 13.0. The van der Waals surface area contributed by atoms with Crippen molar-refractivity contribution in [2.45, 2.75) is 6.61 Å². The Balaban J connectivity index is 1.42. The fourth-order valence-electron chi connectivity index (χ4n) is 2.52. The number of nitrogens with two attached hydrogens (primary N) is 1. The molecule has 2 aromatic heterocycles. The maximum Gasteiger partial charge on any atom is 0.367 e. The van der Waals surface area contributed by atoms with E-state index < -0.39 is 5.97 Å². The van der Waals surface area contributed by atoms with Gasteiger partial charge in [0.1, 0.15) is 5.82 Å². The van der Waals surface area contributed by atoms with Crippen LogP contribution in [-0.2, 0) is 11.3 Å². The molecule has 0 aliphatic heterocycles. The van der Waals surface area contributed by atoms with E-state index >= 15 is 0 Å². The number of nitrogen functional groups attached to an aromatic ring is 1. The predicted octanol–water partition coefficient (Wildman–Crippen LogP) is 3.82. The average Bonchev–Trinajstić information content (AvgIpc) is 3.24. The van der Waals surface area contributed by atoms with Crippen molar-refractivity contribution in [1.82, 2.24) is 19.9 Å². The van der Waals surface area contributed by atoms with Crippen LogP contribution in [-0.4, -0.2) is 25.9 Å². The summed E-state index contributed by atoms with van der Waals surface area (Å²) in [5, 5.41) is 4.91. The van der Waals surface area contributed by atoms with E-state index in [-0.39, 0.29) is 35.2 Å². The van der Waals surface area contributed by atoms with E-state index in [0.29, 0.717) is 11.4 Å². The second kappa shape index (κ2) is 8.62. The minimum atomic E-state index is -0.589. The number of anilines is 3. The Morgan fingerprint density at radius 2 is 1.80 bits per heavy atom. The number of thiazole rings is 1. The van der Waals surface area contributed by atoms with Gasteiger partial charge in [0, 0.05) is 16.6 Å². The fraction of sp³-hybridized carbons (Fsp3) is 0.0500. The molecule has 3 N–H and O–H groups in total. The van der Waals surface area contributed by atoms with Gasteiger partial charge in [-0.2, -0.15) is 15.0 Å². The number of nitrogens with one attached hydrogen (secondary N) is 1. The summed E-state index contributed by atoms with van der Waals surface area (Å²) in [6, 6.07) is 15.2. The molecule has 0 atom stereocenters. The highest BCUT2D eigenvalue weighted by atomic mass is 32.1. The number of halogens is 1. The van der Waals surface area contributed by atoms with E-state index in [4.69, 9.17) is 10.5 Å². The van der Waals surface area contributed by atoms with Gasteiger partial charge < -0.3 is 15.8 Å². The molecular formula is C20H15FN6O2S. The minimum Gasteiger partial charge on any atom is -0.452 e. The Morgan fingerprint density at radius 1 is 1.03 bits per heavy atom. The summed E-state index contributed by atoms with van der Waals surface area (Å²) in [6.45, 7) is -0.204. The van der Waals surface area contributed by atoms with Crippen LogP contribution in [0.25, 0.3) is 11.3 Å². The van der Waals surface area contributed by atoms with Gasteiger partial charge in [0.05, 0.1) is 5.69 Å². The number of esters is 1. The molecule has 0 spiro atoms. The van der Waals surface area contributed by atoms with Crippen LogP contribution in [0.3, 0.4) is 0 Å². The molecule has 30 heavy (non-hydrogen) atoms. The van der Waals surface area contributed by atoms with Gasteiger partial charge in [-0.3, -0.25) is 0 Å². The zero-order valence-corrected chi connectivity index (χ0v) is 16.3. The number of benzene rings is 2. The van der Waals surface area contributed by atoms with Crippen molar-refractivity contribution in [3.05, 3.63) is 76.6 Å². The summed E-state index contributed by atoms with van der Waals surface area (Å²) in [7, 11) is 0. The lowest BCUT2D eigenvalue weighted by Crippen LogP contribution is -2.11. The van der Waals surface area contributed by atoms with Crippen LogP contribution in [0.5, 0.6) is 0 Å². The van der Waals surface area contributed by atoms with Gasteiger partial charge in [0.2, 0.25) is 16.9 Å². The number of hydrogen-bond acceptors (Lipinski definition) is 9. The van der Waals surface area contributed by atoms with Crippen molar-refractivity contribution in [2.24, 2.45) is 0 Å². The zero-order valence-electron chi connectivity index (χ0n) is 15.4. The lowest BCUT2D eigenvalue weighted by Gasteiger charge is -2.07. The third-order valence-electron chi connectivity index (χ3n) is 3.88. The first-order valence-electron chi connectivity index (χ1n) is 8.78. The number of rotatable bonds is 6. The third kappa shape index (κ3) is 4.73. The van der Waals surface area contributed by atoms with E-state index in [1.807, 2.05) is 30.3 Å². The molecule has 0 aliphatic rings. The van der Waals surface area contributed by atoms with Gasteiger partial charge in [0.25, 0.3) is 0 Å². The number of nitrogens with zero attached hydrogens (tertiary/aromatic N) is 4. The van der Waals surface area contributed by atoms with Crippen LogP contribution in [0.1, 0.15) is 15.6 Å². The molecule has 0 amide bonds. The molecule has 0 saturated heterocycles. The molecular weight excluding hydrogens is 407 g/mol. The largest absolute Gasteiger partial charge is 0.452 e. The van der Waals surface area contributed by atoms with Crippen LogP contribution >= 0.6 is 11.3 Å². The van der Waals surface area contributed by atoms with Crippen molar-refractivity contribution < 1.29 is 13.9 Å². The smallest absolute Gasteiger partial charge is 0.367 e. The van der Waals surface area contributed by atoms with E-state index in [2.05, 4.69) is 25.3 Å². The van der Waals surface area contributed by atoms with Crippen molar-refractivity contribution in [3.8, 4) is 11.3 Å². The molecule has 4 aromatic rings. The van der Waals surface area contributed by atoms with Crippen molar-refractivity contribution >= 4 is 34.9 Å². The number of ether oxygens (including phenoxy) is 1. The Kier molecular flexibility index (Phi) is 5.57. The van der Waals surface area contributed by atoms with Crippen molar-refractivity contribution in [3.63, 3.8) is 0 Å². The van der Waals surface area contributed by atoms with Crippen LogP contribution in [0.2, 0.25) is 0 Å². The van der Waals surface area contributed by atoms with Crippen molar-refractivity contribution in [1.29, 1.82) is 0 Å². The number of aromatic nitrogens is 4. The first-order chi connectivity index (χ1) is 14.6. The normalized spacial score (nSPS) is 10.6. The highest BCUT2D eigenvalue weighted by molar-refractivity contribution is 7.11. The highest BCUT2D eigenvalue weighted by Gasteiger charge is 2.15. The second-order valence-electron chi connectivity index (χ2n) is 6.05. The molecule has 0 fully saturated rings. The van der Waals surface area contributed by atoms with Crippen LogP contribution < -0.4 is 11.1 Å². The quantitative estimate of drug-likeness (QED) is 0.451. The zero-order chi connectivity index (χ0) is 20.9. The van der Waals surface area contributed by atoms with Gasteiger partial charge in [-0.05, 0) is 24.3 Å². The highest BCUT2D eigenvalue weighted by Crippen LogP contribution is 2.22. The molecule has 2 aromatic carbocycles. The number of carbonyl (C=O) groups is 1. The summed E-state index contributed by atoms with van der Waals surface area (Å²) in [4.78, 5) is 28.8. The minimum absolute atomic E-state index is 0.0405. The number of hydrogen-bond donors (Lipinski definition) is 2. The van der Waals surface area contributed by atoms with Gasteiger partial charge in [0.15, 0.2) is 12.4 Å². The summed E-state index contributed by atoms with van der Waals surface area (Å²) in [5.41, 5.74) is 7.89. The van der Waals surface area contributed by atoms with Crippen molar-refractivity contribution in [2.75, 3.05) is 11.1 Å². The average molecular weight is 422 g/mol. The topological polar surface area (TPSA) is 116 Å².